The average Bonchev–Trinajstić information content (AvgIpc) is 2.61. The van der Waals surface area contributed by atoms with Crippen LogP contribution in [0.25, 0.3) is 0 Å². The standard InChI is InChI=1S/C12H23NO/c1-11(2)14-10-7-12-5-3-8-13(12)9-4-6-12/h11H,3-10H2,1-2H3. The van der Waals surface area contributed by atoms with E-state index in [1.807, 2.05) is 0 Å². The van der Waals surface area contributed by atoms with Gasteiger partial charge in [0.25, 0.3) is 0 Å². The highest BCUT2D eigenvalue weighted by atomic mass is 16.5. The van der Waals surface area contributed by atoms with Gasteiger partial charge in [0.15, 0.2) is 0 Å². The zero-order chi connectivity index (χ0) is 10.0. The lowest BCUT2D eigenvalue weighted by Gasteiger charge is -2.32. The summed E-state index contributed by atoms with van der Waals surface area (Å²) in [6.07, 6.45) is 7.28. The number of ether oxygens (including phenoxy) is 1. The Morgan fingerprint density at radius 2 is 1.86 bits per heavy atom. The zero-order valence-corrected chi connectivity index (χ0v) is 9.59. The molecule has 2 rings (SSSR count). The lowest BCUT2D eigenvalue weighted by molar-refractivity contribution is 0.0464. The first-order valence-corrected chi connectivity index (χ1v) is 6.10. The van der Waals surface area contributed by atoms with Gasteiger partial charge in [0, 0.05) is 12.1 Å². The number of fused-ring (bicyclic) bond motifs is 1. The van der Waals surface area contributed by atoms with Crippen LogP contribution in [-0.2, 0) is 4.74 Å². The quantitative estimate of drug-likeness (QED) is 0.686. The maximum Gasteiger partial charge on any atom is 0.0518 e. The van der Waals surface area contributed by atoms with Crippen molar-refractivity contribution < 1.29 is 4.74 Å². The third-order valence-corrected chi connectivity index (χ3v) is 3.83. The molecule has 0 radical (unpaired) electrons. The summed E-state index contributed by atoms with van der Waals surface area (Å²) in [4.78, 5) is 2.71. The van der Waals surface area contributed by atoms with Crippen LogP contribution >= 0.6 is 0 Å². The Kier molecular flexibility index (Phi) is 3.13. The third-order valence-electron chi connectivity index (χ3n) is 3.83. The van der Waals surface area contributed by atoms with Crippen LogP contribution in [-0.4, -0.2) is 36.2 Å². The molecule has 82 valence electrons. The molecule has 0 aromatic heterocycles. The minimum absolute atomic E-state index is 0.391. The number of hydrogen-bond acceptors (Lipinski definition) is 2. The van der Waals surface area contributed by atoms with E-state index in [1.54, 1.807) is 0 Å². The van der Waals surface area contributed by atoms with Gasteiger partial charge in [-0.15, -0.1) is 0 Å². The molecule has 0 aromatic rings. The zero-order valence-electron chi connectivity index (χ0n) is 9.59. The van der Waals surface area contributed by atoms with Crippen molar-refractivity contribution >= 4 is 0 Å². The van der Waals surface area contributed by atoms with Gasteiger partial charge in [-0.05, 0) is 59.0 Å². The van der Waals surface area contributed by atoms with Crippen LogP contribution in [0.2, 0.25) is 0 Å². The maximum absolute atomic E-state index is 5.68. The molecule has 0 aromatic carbocycles. The molecule has 0 aliphatic carbocycles. The first-order chi connectivity index (χ1) is 6.73. The normalized spacial score (nSPS) is 25.9. The van der Waals surface area contributed by atoms with E-state index >= 15 is 0 Å². The highest BCUT2D eigenvalue weighted by Gasteiger charge is 2.43. The van der Waals surface area contributed by atoms with Crippen LogP contribution in [0.3, 0.4) is 0 Å². The number of nitrogens with zero attached hydrogens (tertiary/aromatic N) is 1. The molecule has 0 amide bonds. The van der Waals surface area contributed by atoms with E-state index in [9.17, 15) is 0 Å². The first-order valence-electron chi connectivity index (χ1n) is 6.10. The number of hydrogen-bond donors (Lipinski definition) is 0. The predicted molar refractivity (Wildman–Crippen MR) is 58.5 cm³/mol. The van der Waals surface area contributed by atoms with Gasteiger partial charge in [-0.3, -0.25) is 4.90 Å². The summed E-state index contributed by atoms with van der Waals surface area (Å²) < 4.78 is 5.68. The Balaban J connectivity index is 1.82. The Bertz CT molecular complexity index is 181. The molecule has 0 bridgehead atoms. The molecule has 0 unspecified atom stereocenters. The minimum atomic E-state index is 0.391. The smallest absolute Gasteiger partial charge is 0.0518 e. The second-order valence-electron chi connectivity index (χ2n) is 5.09. The molecule has 2 nitrogen and oxygen atoms in total. The molecule has 0 saturated carbocycles. The fourth-order valence-electron chi connectivity index (χ4n) is 3.12. The van der Waals surface area contributed by atoms with Gasteiger partial charge in [0.05, 0.1) is 6.10 Å². The van der Waals surface area contributed by atoms with E-state index in [0.717, 1.165) is 6.61 Å². The maximum atomic E-state index is 5.68. The lowest BCUT2D eigenvalue weighted by atomic mass is 9.91. The lowest BCUT2D eigenvalue weighted by Crippen LogP contribution is -2.39. The highest BCUT2D eigenvalue weighted by Crippen LogP contribution is 2.41. The third kappa shape index (κ3) is 1.96. The molecule has 14 heavy (non-hydrogen) atoms. The highest BCUT2D eigenvalue weighted by molar-refractivity contribution is 4.99. The number of rotatable bonds is 4. The van der Waals surface area contributed by atoms with E-state index in [1.165, 1.54) is 45.2 Å². The van der Waals surface area contributed by atoms with Crippen LogP contribution in [0.5, 0.6) is 0 Å². The van der Waals surface area contributed by atoms with Crippen molar-refractivity contribution in [3.05, 3.63) is 0 Å². The topological polar surface area (TPSA) is 12.5 Å². The Labute approximate surface area is 87.6 Å². The van der Waals surface area contributed by atoms with Gasteiger partial charge in [0.1, 0.15) is 0 Å². The van der Waals surface area contributed by atoms with Crippen LogP contribution in [0.4, 0.5) is 0 Å². The monoisotopic (exact) mass is 197 g/mol. The Hall–Kier alpha value is -0.0800. The molecular weight excluding hydrogens is 174 g/mol. The van der Waals surface area contributed by atoms with E-state index in [0.29, 0.717) is 11.6 Å². The predicted octanol–water partition coefficient (Wildman–Crippen LogP) is 2.43. The van der Waals surface area contributed by atoms with E-state index in [-0.39, 0.29) is 0 Å². The van der Waals surface area contributed by atoms with Crippen LogP contribution < -0.4 is 0 Å². The second-order valence-corrected chi connectivity index (χ2v) is 5.09. The molecule has 2 aliphatic rings. The summed E-state index contributed by atoms with van der Waals surface area (Å²) in [5.74, 6) is 0. The van der Waals surface area contributed by atoms with Gasteiger partial charge >= 0.3 is 0 Å². The molecule has 2 aliphatic heterocycles. The summed E-state index contributed by atoms with van der Waals surface area (Å²) in [6, 6.07) is 0. The van der Waals surface area contributed by atoms with Crippen molar-refractivity contribution in [2.24, 2.45) is 0 Å². The van der Waals surface area contributed by atoms with E-state index in [2.05, 4.69) is 18.7 Å². The summed E-state index contributed by atoms with van der Waals surface area (Å²) in [6.45, 7) is 7.87. The van der Waals surface area contributed by atoms with Crippen molar-refractivity contribution in [1.29, 1.82) is 0 Å². The molecule has 2 fully saturated rings. The van der Waals surface area contributed by atoms with Gasteiger partial charge in [0.2, 0.25) is 0 Å². The Morgan fingerprint density at radius 3 is 2.43 bits per heavy atom. The summed E-state index contributed by atoms with van der Waals surface area (Å²) in [5.41, 5.74) is 0.550. The van der Waals surface area contributed by atoms with Crippen molar-refractivity contribution in [2.75, 3.05) is 19.7 Å². The van der Waals surface area contributed by atoms with Gasteiger partial charge in [-0.25, -0.2) is 0 Å². The first kappa shape index (κ1) is 10.4. The van der Waals surface area contributed by atoms with Crippen molar-refractivity contribution in [3.8, 4) is 0 Å². The van der Waals surface area contributed by atoms with Crippen LogP contribution in [0.15, 0.2) is 0 Å². The summed E-state index contributed by atoms with van der Waals surface area (Å²) >= 11 is 0. The van der Waals surface area contributed by atoms with Crippen LogP contribution in [0.1, 0.15) is 46.0 Å². The minimum Gasteiger partial charge on any atom is -0.379 e. The summed E-state index contributed by atoms with van der Waals surface area (Å²) in [7, 11) is 0. The molecule has 2 saturated heterocycles. The van der Waals surface area contributed by atoms with Crippen molar-refractivity contribution in [2.45, 2.75) is 57.6 Å². The van der Waals surface area contributed by atoms with Gasteiger partial charge < -0.3 is 4.74 Å². The summed E-state index contributed by atoms with van der Waals surface area (Å²) in [5, 5.41) is 0. The van der Waals surface area contributed by atoms with Crippen LogP contribution in [0, 0.1) is 0 Å². The average molecular weight is 197 g/mol. The fraction of sp³-hybridized carbons (Fsp3) is 1.00. The van der Waals surface area contributed by atoms with Gasteiger partial charge in [-0.1, -0.05) is 0 Å². The van der Waals surface area contributed by atoms with Gasteiger partial charge in [-0.2, -0.15) is 0 Å². The SMILES string of the molecule is CC(C)OCCC12CCCN1CCC2. The van der Waals surface area contributed by atoms with Crippen molar-refractivity contribution in [1.82, 2.24) is 4.90 Å². The van der Waals surface area contributed by atoms with Crippen molar-refractivity contribution in [3.63, 3.8) is 0 Å². The van der Waals surface area contributed by atoms with E-state index in [4.69, 9.17) is 4.74 Å². The molecule has 0 atom stereocenters. The molecule has 0 spiro atoms. The molecule has 0 N–H and O–H groups in total. The second kappa shape index (κ2) is 4.19. The van der Waals surface area contributed by atoms with E-state index < -0.39 is 0 Å². The largest absolute Gasteiger partial charge is 0.379 e. The molecule has 2 heterocycles. The fourth-order valence-corrected chi connectivity index (χ4v) is 3.12. The molecular formula is C12H23NO. The molecule has 2 heteroatoms. The Morgan fingerprint density at radius 1 is 1.21 bits per heavy atom.